The summed E-state index contributed by atoms with van der Waals surface area (Å²) in [6.45, 7) is 4.33. The van der Waals surface area contributed by atoms with Crippen molar-refractivity contribution in [3.63, 3.8) is 0 Å². The van der Waals surface area contributed by atoms with E-state index in [9.17, 15) is 13.2 Å². The van der Waals surface area contributed by atoms with Gasteiger partial charge in [-0.3, -0.25) is 4.79 Å². The average molecular weight is 369 g/mol. The number of carbonyl (C=O) groups is 1. The van der Waals surface area contributed by atoms with Crippen LogP contribution in [0.4, 0.5) is 0 Å². The van der Waals surface area contributed by atoms with Gasteiger partial charge in [0.15, 0.2) is 9.84 Å². The van der Waals surface area contributed by atoms with E-state index in [4.69, 9.17) is 0 Å². The molecule has 2 saturated carbocycles. The van der Waals surface area contributed by atoms with Gasteiger partial charge in [0.1, 0.15) is 0 Å². The maximum atomic E-state index is 12.5. The second-order valence-corrected chi connectivity index (χ2v) is 11.1. The highest BCUT2D eigenvalue weighted by atomic mass is 32.2. The van der Waals surface area contributed by atoms with Crippen LogP contribution in [0.3, 0.4) is 0 Å². The summed E-state index contributed by atoms with van der Waals surface area (Å²) in [5, 5.41) is 0. The molecule has 4 rings (SSSR count). The van der Waals surface area contributed by atoms with E-state index < -0.39 is 9.84 Å². The topological polar surface area (TPSA) is 57.7 Å². The molecule has 0 aromatic rings. The highest BCUT2D eigenvalue weighted by molar-refractivity contribution is 7.91. The number of amides is 1. The van der Waals surface area contributed by atoms with Crippen LogP contribution in [0.25, 0.3) is 0 Å². The number of likely N-dealkylation sites (tertiary alicyclic amines) is 1. The summed E-state index contributed by atoms with van der Waals surface area (Å²) in [5.74, 6) is 3.86. The third kappa shape index (κ3) is 4.21. The third-order valence-corrected chi connectivity index (χ3v) is 8.73. The number of fused-ring (bicyclic) bond motifs is 1. The van der Waals surface area contributed by atoms with Crippen molar-refractivity contribution in [3.05, 3.63) is 0 Å². The smallest absolute Gasteiger partial charge is 0.222 e. The third-order valence-electron chi connectivity index (χ3n) is 7.12. The first kappa shape index (κ1) is 17.8. The molecule has 3 atom stereocenters. The van der Waals surface area contributed by atoms with Gasteiger partial charge in [0, 0.05) is 39.1 Å². The summed E-state index contributed by atoms with van der Waals surface area (Å²) in [6, 6.07) is 0. The van der Waals surface area contributed by atoms with E-state index in [2.05, 4.69) is 9.80 Å². The van der Waals surface area contributed by atoms with Crippen LogP contribution in [0.2, 0.25) is 0 Å². The zero-order valence-corrected chi connectivity index (χ0v) is 16.1. The van der Waals surface area contributed by atoms with Gasteiger partial charge in [0.25, 0.3) is 0 Å². The predicted molar refractivity (Wildman–Crippen MR) is 98.0 cm³/mol. The van der Waals surface area contributed by atoms with Crippen LogP contribution in [-0.2, 0) is 14.6 Å². The highest BCUT2D eigenvalue weighted by Crippen LogP contribution is 2.52. The standard InChI is InChI=1S/C19H32N2O3S/c22-19(7-6-15-4-2-1-3-5-15)21-13-17-16(18(17)14-21)12-20-8-10-25(23,24)11-9-20/h15-18H,1-14H2/t16?,17-,18+. The van der Waals surface area contributed by atoms with E-state index in [1.807, 2.05) is 0 Å². The number of hydrogen-bond donors (Lipinski definition) is 0. The van der Waals surface area contributed by atoms with Gasteiger partial charge in [-0.25, -0.2) is 8.42 Å². The zero-order chi connectivity index (χ0) is 17.4. The fourth-order valence-electron chi connectivity index (χ4n) is 5.32. The van der Waals surface area contributed by atoms with Crippen molar-refractivity contribution in [2.45, 2.75) is 44.9 Å². The molecule has 0 spiro atoms. The molecule has 1 unspecified atom stereocenters. The van der Waals surface area contributed by atoms with Crippen LogP contribution < -0.4 is 0 Å². The number of nitrogens with zero attached hydrogens (tertiary/aromatic N) is 2. The lowest BCUT2D eigenvalue weighted by Crippen LogP contribution is -2.42. The summed E-state index contributed by atoms with van der Waals surface area (Å²) >= 11 is 0. The minimum absolute atomic E-state index is 0.320. The Bertz CT molecular complexity index is 574. The lowest BCUT2D eigenvalue weighted by atomic mass is 9.86. The number of sulfone groups is 1. The molecule has 5 nitrogen and oxygen atoms in total. The van der Waals surface area contributed by atoms with Gasteiger partial charge in [0.05, 0.1) is 11.5 Å². The molecule has 1 amide bonds. The first-order valence-corrected chi connectivity index (χ1v) is 12.0. The lowest BCUT2D eigenvalue weighted by Gasteiger charge is -2.28. The number of hydrogen-bond acceptors (Lipinski definition) is 4. The van der Waals surface area contributed by atoms with Gasteiger partial charge in [-0.15, -0.1) is 0 Å². The highest BCUT2D eigenvalue weighted by Gasteiger charge is 2.56. The molecule has 2 aliphatic heterocycles. The first-order valence-electron chi connectivity index (χ1n) is 10.2. The van der Waals surface area contributed by atoms with Gasteiger partial charge >= 0.3 is 0 Å². The Morgan fingerprint density at radius 2 is 1.60 bits per heavy atom. The Morgan fingerprint density at radius 3 is 2.24 bits per heavy atom. The van der Waals surface area contributed by atoms with Crippen molar-refractivity contribution in [3.8, 4) is 0 Å². The molecule has 4 aliphatic rings. The normalized spacial score (nSPS) is 35.5. The van der Waals surface area contributed by atoms with E-state index >= 15 is 0 Å². The fourth-order valence-corrected chi connectivity index (χ4v) is 6.59. The second-order valence-electron chi connectivity index (χ2n) is 8.79. The molecule has 2 heterocycles. The summed E-state index contributed by atoms with van der Waals surface area (Å²) in [4.78, 5) is 16.9. The first-order chi connectivity index (χ1) is 12.0. The molecular formula is C19H32N2O3S. The largest absolute Gasteiger partial charge is 0.342 e. The van der Waals surface area contributed by atoms with E-state index in [1.54, 1.807) is 0 Å². The second kappa shape index (κ2) is 7.18. The number of carbonyl (C=O) groups excluding carboxylic acids is 1. The quantitative estimate of drug-likeness (QED) is 0.742. The zero-order valence-electron chi connectivity index (χ0n) is 15.2. The summed E-state index contributed by atoms with van der Waals surface area (Å²) in [7, 11) is -2.78. The summed E-state index contributed by atoms with van der Waals surface area (Å²) < 4.78 is 23.0. The van der Waals surface area contributed by atoms with Crippen molar-refractivity contribution in [1.29, 1.82) is 0 Å². The molecule has 0 aromatic heterocycles. The van der Waals surface area contributed by atoms with Gasteiger partial charge in [-0.05, 0) is 30.1 Å². The van der Waals surface area contributed by atoms with Crippen molar-refractivity contribution in [1.82, 2.24) is 9.80 Å². The summed E-state index contributed by atoms with van der Waals surface area (Å²) in [6.07, 6.45) is 8.58. The Balaban J connectivity index is 1.16. The average Bonchev–Trinajstić information content (AvgIpc) is 3.04. The van der Waals surface area contributed by atoms with Crippen LogP contribution >= 0.6 is 0 Å². The van der Waals surface area contributed by atoms with Gasteiger partial charge in [0.2, 0.25) is 5.91 Å². The Hall–Kier alpha value is -0.620. The Kier molecular flexibility index (Phi) is 5.11. The lowest BCUT2D eigenvalue weighted by molar-refractivity contribution is -0.131. The summed E-state index contributed by atoms with van der Waals surface area (Å²) in [5.41, 5.74) is 0. The molecule has 6 heteroatoms. The van der Waals surface area contributed by atoms with Crippen molar-refractivity contribution in [2.24, 2.45) is 23.7 Å². The molecule has 0 N–H and O–H groups in total. The van der Waals surface area contributed by atoms with E-state index in [1.165, 1.54) is 32.1 Å². The molecule has 0 aromatic carbocycles. The SMILES string of the molecule is O=C(CCC1CCCCC1)N1C[C@@H]2C(CN3CCS(=O)(=O)CC3)[C@@H]2C1. The monoisotopic (exact) mass is 368 g/mol. The minimum atomic E-state index is -2.78. The molecule has 2 aliphatic carbocycles. The predicted octanol–water partition coefficient (Wildman–Crippen LogP) is 1.78. The minimum Gasteiger partial charge on any atom is -0.342 e. The van der Waals surface area contributed by atoms with Gasteiger partial charge in [-0.1, -0.05) is 32.1 Å². The van der Waals surface area contributed by atoms with Crippen LogP contribution in [0.5, 0.6) is 0 Å². The Morgan fingerprint density at radius 1 is 0.960 bits per heavy atom. The fraction of sp³-hybridized carbons (Fsp3) is 0.947. The molecule has 4 fully saturated rings. The van der Waals surface area contributed by atoms with Crippen molar-refractivity contribution in [2.75, 3.05) is 44.2 Å². The van der Waals surface area contributed by atoms with Crippen LogP contribution in [0.1, 0.15) is 44.9 Å². The van der Waals surface area contributed by atoms with E-state index in [0.717, 1.165) is 38.4 Å². The molecule has 25 heavy (non-hydrogen) atoms. The maximum absolute atomic E-state index is 12.5. The number of rotatable bonds is 5. The molecule has 142 valence electrons. The molecule has 0 radical (unpaired) electrons. The van der Waals surface area contributed by atoms with E-state index in [-0.39, 0.29) is 0 Å². The number of piperidine rings is 1. The van der Waals surface area contributed by atoms with Crippen LogP contribution in [0, 0.1) is 23.7 Å². The van der Waals surface area contributed by atoms with Crippen molar-refractivity contribution < 1.29 is 13.2 Å². The maximum Gasteiger partial charge on any atom is 0.222 e. The molecule has 0 bridgehead atoms. The van der Waals surface area contributed by atoms with Gasteiger partial charge < -0.3 is 9.80 Å². The van der Waals surface area contributed by atoms with Crippen LogP contribution in [0.15, 0.2) is 0 Å². The Labute approximate surface area is 152 Å². The van der Waals surface area contributed by atoms with Gasteiger partial charge in [-0.2, -0.15) is 0 Å². The van der Waals surface area contributed by atoms with Crippen molar-refractivity contribution >= 4 is 15.7 Å². The van der Waals surface area contributed by atoms with Crippen LogP contribution in [-0.4, -0.2) is 68.4 Å². The molecule has 2 saturated heterocycles. The molecular weight excluding hydrogens is 336 g/mol. The van der Waals surface area contributed by atoms with E-state index in [0.29, 0.717) is 48.3 Å².